The Hall–Kier alpha value is -1.87. The first kappa shape index (κ1) is 12.6. The highest BCUT2D eigenvalue weighted by Gasteiger charge is 2.05. The molecule has 0 saturated carbocycles. The number of hydrogen-bond donors (Lipinski definition) is 1. The minimum Gasteiger partial charge on any atom is -0.348 e. The Kier molecular flexibility index (Phi) is 4.31. The molecule has 1 amide bonds. The van der Waals surface area contributed by atoms with E-state index >= 15 is 0 Å². The zero-order chi connectivity index (χ0) is 12.8. The molecule has 0 aliphatic heterocycles. The van der Waals surface area contributed by atoms with Crippen LogP contribution in [-0.4, -0.2) is 10.9 Å². The molecular weight excluding hydrogens is 248 g/mol. The van der Waals surface area contributed by atoms with Crippen LogP contribution in [0.2, 0.25) is 0 Å². The van der Waals surface area contributed by atoms with Gasteiger partial charge in [0.05, 0.1) is 0 Å². The molecule has 0 atom stereocenters. The van der Waals surface area contributed by atoms with E-state index in [1.165, 1.54) is 0 Å². The number of rotatable bonds is 4. The highest BCUT2D eigenvalue weighted by Crippen LogP contribution is 2.08. The lowest BCUT2D eigenvalue weighted by atomic mass is 10.1. The molecule has 3 nitrogen and oxygen atoms in total. The third-order valence-electron chi connectivity index (χ3n) is 2.52. The molecule has 1 aromatic carbocycles. The molecule has 92 valence electrons. The van der Waals surface area contributed by atoms with E-state index in [1.807, 2.05) is 24.3 Å². The van der Waals surface area contributed by atoms with Gasteiger partial charge in [0, 0.05) is 30.4 Å². The zero-order valence-corrected chi connectivity index (χ0v) is 10.5. The molecule has 0 unspecified atom stereocenters. The van der Waals surface area contributed by atoms with Crippen molar-refractivity contribution in [2.45, 2.75) is 12.4 Å². The lowest BCUT2D eigenvalue weighted by molar-refractivity contribution is 0.0951. The second-order valence-corrected chi connectivity index (χ2v) is 4.15. The molecule has 1 heterocycles. The molecule has 2 aromatic rings. The summed E-state index contributed by atoms with van der Waals surface area (Å²) in [7, 11) is 0. The summed E-state index contributed by atoms with van der Waals surface area (Å²) in [4.78, 5) is 15.9. The van der Waals surface area contributed by atoms with Gasteiger partial charge in [-0.3, -0.25) is 9.78 Å². The van der Waals surface area contributed by atoms with Crippen LogP contribution in [0.5, 0.6) is 0 Å². The highest BCUT2D eigenvalue weighted by molar-refractivity contribution is 6.17. The monoisotopic (exact) mass is 260 g/mol. The van der Waals surface area contributed by atoms with Crippen molar-refractivity contribution in [3.05, 3.63) is 65.5 Å². The van der Waals surface area contributed by atoms with Gasteiger partial charge in [0.2, 0.25) is 0 Å². The van der Waals surface area contributed by atoms with Gasteiger partial charge in [-0.15, -0.1) is 11.6 Å². The van der Waals surface area contributed by atoms with Gasteiger partial charge >= 0.3 is 0 Å². The van der Waals surface area contributed by atoms with E-state index in [-0.39, 0.29) is 5.91 Å². The summed E-state index contributed by atoms with van der Waals surface area (Å²) in [6, 6.07) is 11.1. The number of alkyl halides is 1. The van der Waals surface area contributed by atoms with Crippen LogP contribution in [-0.2, 0) is 12.4 Å². The maximum Gasteiger partial charge on any atom is 0.251 e. The van der Waals surface area contributed by atoms with Gasteiger partial charge in [-0.2, -0.15) is 0 Å². The first-order valence-corrected chi connectivity index (χ1v) is 6.15. The molecule has 0 spiro atoms. The molecule has 0 radical (unpaired) electrons. The van der Waals surface area contributed by atoms with Crippen LogP contribution < -0.4 is 5.32 Å². The first-order chi connectivity index (χ1) is 8.79. The van der Waals surface area contributed by atoms with E-state index in [9.17, 15) is 4.79 Å². The fraction of sp³-hybridized carbons (Fsp3) is 0.143. The number of hydrogen-bond acceptors (Lipinski definition) is 2. The van der Waals surface area contributed by atoms with E-state index in [0.29, 0.717) is 18.0 Å². The highest BCUT2D eigenvalue weighted by atomic mass is 35.5. The zero-order valence-electron chi connectivity index (χ0n) is 9.77. The Morgan fingerprint density at radius 1 is 1.22 bits per heavy atom. The van der Waals surface area contributed by atoms with E-state index in [2.05, 4.69) is 10.3 Å². The summed E-state index contributed by atoms with van der Waals surface area (Å²) >= 11 is 5.74. The number of nitrogens with one attached hydrogen (secondary N) is 1. The van der Waals surface area contributed by atoms with Gasteiger partial charge in [-0.1, -0.05) is 18.2 Å². The van der Waals surface area contributed by atoms with Crippen LogP contribution >= 0.6 is 11.6 Å². The number of amides is 1. The van der Waals surface area contributed by atoms with Gasteiger partial charge in [0.25, 0.3) is 5.91 Å². The number of carbonyl (C=O) groups excluding carboxylic acids is 1. The maximum atomic E-state index is 11.9. The number of aromatic nitrogens is 1. The van der Waals surface area contributed by atoms with Crippen LogP contribution in [0.15, 0.2) is 48.8 Å². The second kappa shape index (κ2) is 6.17. The lowest BCUT2D eigenvalue weighted by Gasteiger charge is -2.06. The van der Waals surface area contributed by atoms with Crippen LogP contribution in [0.25, 0.3) is 0 Å². The van der Waals surface area contributed by atoms with Gasteiger partial charge in [0.15, 0.2) is 0 Å². The summed E-state index contributed by atoms with van der Waals surface area (Å²) in [5, 5.41) is 2.84. The number of nitrogens with zero attached hydrogens (tertiary/aromatic N) is 1. The Bertz CT molecular complexity index is 528. The Morgan fingerprint density at radius 2 is 2.06 bits per heavy atom. The molecule has 0 saturated heterocycles. The third-order valence-corrected chi connectivity index (χ3v) is 2.83. The second-order valence-electron chi connectivity index (χ2n) is 3.88. The van der Waals surface area contributed by atoms with Gasteiger partial charge in [-0.05, 0) is 29.3 Å². The Labute approximate surface area is 111 Å². The van der Waals surface area contributed by atoms with Crippen molar-refractivity contribution in [3.63, 3.8) is 0 Å². The van der Waals surface area contributed by atoms with Crippen LogP contribution in [0, 0.1) is 0 Å². The number of halogens is 1. The van der Waals surface area contributed by atoms with Gasteiger partial charge in [-0.25, -0.2) is 0 Å². The number of benzene rings is 1. The van der Waals surface area contributed by atoms with Crippen molar-refractivity contribution in [1.29, 1.82) is 0 Å². The SMILES string of the molecule is O=C(NCc1cccnc1)c1cccc(CCl)c1. The predicted molar refractivity (Wildman–Crippen MR) is 71.4 cm³/mol. The van der Waals surface area contributed by atoms with E-state index < -0.39 is 0 Å². The average molecular weight is 261 g/mol. The molecule has 18 heavy (non-hydrogen) atoms. The number of pyridine rings is 1. The standard InChI is InChI=1S/C14H13ClN2O/c15-8-11-3-1-5-13(7-11)14(18)17-10-12-4-2-6-16-9-12/h1-7,9H,8,10H2,(H,17,18). The summed E-state index contributed by atoms with van der Waals surface area (Å²) in [5.74, 6) is 0.301. The first-order valence-electron chi connectivity index (χ1n) is 5.61. The van der Waals surface area contributed by atoms with Crippen molar-refractivity contribution in [1.82, 2.24) is 10.3 Å². The normalized spacial score (nSPS) is 10.1. The van der Waals surface area contributed by atoms with E-state index in [1.54, 1.807) is 24.5 Å². The van der Waals surface area contributed by atoms with Crippen LogP contribution in [0.3, 0.4) is 0 Å². The number of carbonyl (C=O) groups is 1. The van der Waals surface area contributed by atoms with Crippen LogP contribution in [0.1, 0.15) is 21.5 Å². The lowest BCUT2D eigenvalue weighted by Crippen LogP contribution is -2.22. The summed E-state index contributed by atoms with van der Waals surface area (Å²) in [6.45, 7) is 0.470. The van der Waals surface area contributed by atoms with Gasteiger partial charge < -0.3 is 5.32 Å². The minimum atomic E-state index is -0.106. The van der Waals surface area contributed by atoms with Crippen molar-refractivity contribution in [2.24, 2.45) is 0 Å². The van der Waals surface area contributed by atoms with Crippen LogP contribution in [0.4, 0.5) is 0 Å². The minimum absolute atomic E-state index is 0.106. The molecule has 0 bridgehead atoms. The largest absolute Gasteiger partial charge is 0.348 e. The maximum absolute atomic E-state index is 11.9. The van der Waals surface area contributed by atoms with Crippen molar-refractivity contribution in [2.75, 3.05) is 0 Å². The van der Waals surface area contributed by atoms with E-state index in [0.717, 1.165) is 11.1 Å². The Balaban J connectivity index is 1.99. The molecule has 4 heteroatoms. The molecule has 0 aliphatic carbocycles. The van der Waals surface area contributed by atoms with Gasteiger partial charge in [0.1, 0.15) is 0 Å². The smallest absolute Gasteiger partial charge is 0.251 e. The van der Waals surface area contributed by atoms with Crippen molar-refractivity contribution in [3.8, 4) is 0 Å². The molecule has 1 N–H and O–H groups in total. The average Bonchev–Trinajstić information content (AvgIpc) is 2.46. The fourth-order valence-electron chi connectivity index (χ4n) is 1.58. The predicted octanol–water partition coefficient (Wildman–Crippen LogP) is 2.75. The van der Waals surface area contributed by atoms with E-state index in [4.69, 9.17) is 11.6 Å². The molecule has 0 aliphatic rings. The topological polar surface area (TPSA) is 42.0 Å². The Morgan fingerprint density at radius 3 is 2.78 bits per heavy atom. The fourth-order valence-corrected chi connectivity index (χ4v) is 1.75. The summed E-state index contributed by atoms with van der Waals surface area (Å²) in [6.07, 6.45) is 3.44. The van der Waals surface area contributed by atoms with Crippen molar-refractivity contribution < 1.29 is 4.79 Å². The molecule has 2 rings (SSSR count). The third kappa shape index (κ3) is 3.31. The quantitative estimate of drug-likeness (QED) is 0.859. The molecular formula is C14H13ClN2O. The summed E-state index contributed by atoms with van der Waals surface area (Å²) < 4.78 is 0. The summed E-state index contributed by atoms with van der Waals surface area (Å²) in [5.41, 5.74) is 2.53. The molecule has 0 fully saturated rings. The molecule has 1 aromatic heterocycles. The van der Waals surface area contributed by atoms with Crippen molar-refractivity contribution >= 4 is 17.5 Å².